The van der Waals surface area contributed by atoms with Crippen LogP contribution in [0.15, 0.2) is 72.3 Å². The summed E-state index contributed by atoms with van der Waals surface area (Å²) in [5, 5.41) is 2.78. The molecule has 144 valence electrons. The van der Waals surface area contributed by atoms with Gasteiger partial charge in [0.2, 0.25) is 15.9 Å². The highest BCUT2D eigenvalue weighted by Crippen LogP contribution is 2.11. The van der Waals surface area contributed by atoms with Crippen molar-refractivity contribution in [3.63, 3.8) is 0 Å². The number of imidazole rings is 1. The van der Waals surface area contributed by atoms with Gasteiger partial charge in [-0.25, -0.2) is 23.1 Å². The Morgan fingerprint density at radius 1 is 1.18 bits per heavy atom. The van der Waals surface area contributed by atoms with E-state index >= 15 is 0 Å². The van der Waals surface area contributed by atoms with Crippen molar-refractivity contribution in [1.82, 2.24) is 24.6 Å². The first-order valence-corrected chi connectivity index (χ1v) is 9.89. The molecular formula is C19H19N5O3S. The quantitative estimate of drug-likeness (QED) is 0.588. The molecule has 0 fully saturated rings. The van der Waals surface area contributed by atoms with Crippen LogP contribution in [0.4, 0.5) is 0 Å². The van der Waals surface area contributed by atoms with Crippen LogP contribution in [0.2, 0.25) is 0 Å². The van der Waals surface area contributed by atoms with Crippen LogP contribution in [0, 0.1) is 0 Å². The third-order valence-corrected chi connectivity index (χ3v) is 5.36. The first kappa shape index (κ1) is 19.5. The van der Waals surface area contributed by atoms with Gasteiger partial charge in [-0.2, -0.15) is 0 Å². The highest BCUT2D eigenvalue weighted by atomic mass is 32.2. The lowest BCUT2D eigenvalue weighted by Crippen LogP contribution is -2.20. The number of carbonyl (C=O) groups excluding carboxylic acids is 1. The van der Waals surface area contributed by atoms with Gasteiger partial charge in [-0.1, -0.05) is 18.2 Å². The van der Waals surface area contributed by atoms with Crippen LogP contribution in [-0.4, -0.2) is 35.9 Å². The van der Waals surface area contributed by atoms with E-state index < -0.39 is 10.0 Å². The molecule has 0 spiro atoms. The lowest BCUT2D eigenvalue weighted by molar-refractivity contribution is -0.116. The maximum Gasteiger partial charge on any atom is 0.244 e. The summed E-state index contributed by atoms with van der Waals surface area (Å²) in [7, 11) is -2.11. The minimum Gasteiger partial charge on any atom is -0.348 e. The molecule has 0 atom stereocenters. The summed E-state index contributed by atoms with van der Waals surface area (Å²) in [5.74, 6) is 0.488. The van der Waals surface area contributed by atoms with Crippen molar-refractivity contribution in [1.29, 1.82) is 0 Å². The summed E-state index contributed by atoms with van der Waals surface area (Å²) in [5.41, 5.74) is 1.59. The molecule has 0 bridgehead atoms. The number of benzene rings is 1. The summed E-state index contributed by atoms with van der Waals surface area (Å²) >= 11 is 0. The van der Waals surface area contributed by atoms with Crippen LogP contribution in [0.5, 0.6) is 0 Å². The Bertz CT molecular complexity index is 1060. The molecule has 3 rings (SSSR count). The first-order valence-electron chi connectivity index (χ1n) is 8.41. The molecule has 28 heavy (non-hydrogen) atoms. The minimum atomic E-state index is -3.47. The Balaban J connectivity index is 1.54. The fourth-order valence-electron chi connectivity index (χ4n) is 2.36. The largest absolute Gasteiger partial charge is 0.348 e. The van der Waals surface area contributed by atoms with Gasteiger partial charge in [0.15, 0.2) is 0 Å². The Morgan fingerprint density at radius 2 is 1.96 bits per heavy atom. The third-order valence-electron chi connectivity index (χ3n) is 3.93. The molecule has 1 aromatic carbocycles. The molecule has 3 aromatic rings. The fourth-order valence-corrected chi connectivity index (χ4v) is 3.09. The SMILES string of the molecule is CNS(=O)(=O)c1ccc(/C=C/C(=O)NCc2ccc(-n3ccnc3)nc2)cc1. The minimum absolute atomic E-state index is 0.170. The predicted molar refractivity (Wildman–Crippen MR) is 105 cm³/mol. The van der Waals surface area contributed by atoms with Gasteiger partial charge in [-0.05, 0) is 42.4 Å². The van der Waals surface area contributed by atoms with Gasteiger partial charge < -0.3 is 5.32 Å². The van der Waals surface area contributed by atoms with Crippen LogP contribution < -0.4 is 10.0 Å². The number of rotatable bonds is 7. The Morgan fingerprint density at radius 3 is 2.57 bits per heavy atom. The number of pyridine rings is 1. The molecule has 0 saturated heterocycles. The van der Waals surface area contributed by atoms with Crippen LogP contribution in [0.25, 0.3) is 11.9 Å². The molecular weight excluding hydrogens is 378 g/mol. The highest BCUT2D eigenvalue weighted by Gasteiger charge is 2.09. The zero-order chi connectivity index (χ0) is 20.0. The molecule has 2 heterocycles. The molecule has 0 aliphatic rings. The zero-order valence-corrected chi connectivity index (χ0v) is 15.9. The molecule has 0 unspecified atom stereocenters. The normalized spacial score (nSPS) is 11.6. The lowest BCUT2D eigenvalue weighted by atomic mass is 10.2. The number of sulfonamides is 1. The van der Waals surface area contributed by atoms with Gasteiger partial charge in [0.1, 0.15) is 12.1 Å². The molecule has 8 nitrogen and oxygen atoms in total. The van der Waals surface area contributed by atoms with Crippen molar-refractivity contribution in [3.8, 4) is 5.82 Å². The number of hydrogen-bond acceptors (Lipinski definition) is 5. The average molecular weight is 397 g/mol. The zero-order valence-electron chi connectivity index (χ0n) is 15.1. The fraction of sp³-hybridized carbons (Fsp3) is 0.105. The Labute approximate surface area is 163 Å². The number of nitrogens with one attached hydrogen (secondary N) is 2. The summed E-state index contributed by atoms with van der Waals surface area (Å²) < 4.78 is 27.4. The second kappa shape index (κ2) is 8.59. The van der Waals surface area contributed by atoms with E-state index in [0.717, 1.165) is 16.9 Å². The topological polar surface area (TPSA) is 106 Å². The number of aromatic nitrogens is 3. The number of nitrogens with zero attached hydrogens (tertiary/aromatic N) is 3. The molecule has 2 aromatic heterocycles. The molecule has 0 saturated carbocycles. The van der Waals surface area contributed by atoms with E-state index in [1.54, 1.807) is 47.7 Å². The van der Waals surface area contributed by atoms with Crippen LogP contribution >= 0.6 is 0 Å². The van der Waals surface area contributed by atoms with Crippen molar-refractivity contribution in [2.45, 2.75) is 11.4 Å². The maximum atomic E-state index is 12.0. The second-order valence-corrected chi connectivity index (χ2v) is 7.71. The second-order valence-electron chi connectivity index (χ2n) is 5.82. The molecule has 9 heteroatoms. The van der Waals surface area contributed by atoms with Gasteiger partial charge >= 0.3 is 0 Å². The van der Waals surface area contributed by atoms with Gasteiger partial charge in [0, 0.05) is 31.2 Å². The van der Waals surface area contributed by atoms with Gasteiger partial charge in [-0.3, -0.25) is 9.36 Å². The van der Waals surface area contributed by atoms with Crippen LogP contribution in [0.3, 0.4) is 0 Å². The highest BCUT2D eigenvalue weighted by molar-refractivity contribution is 7.89. The van der Waals surface area contributed by atoms with E-state index in [9.17, 15) is 13.2 Å². The van der Waals surface area contributed by atoms with Gasteiger partial charge in [0.05, 0.1) is 4.90 Å². The number of carbonyl (C=O) groups is 1. The Hall–Kier alpha value is -3.30. The molecule has 0 aliphatic carbocycles. The van der Waals surface area contributed by atoms with E-state index in [1.165, 1.54) is 25.3 Å². The van der Waals surface area contributed by atoms with E-state index in [1.807, 2.05) is 12.1 Å². The predicted octanol–water partition coefficient (Wildman–Crippen LogP) is 1.50. The molecule has 2 N–H and O–H groups in total. The van der Waals surface area contributed by atoms with E-state index in [0.29, 0.717) is 6.54 Å². The number of hydrogen-bond donors (Lipinski definition) is 2. The van der Waals surface area contributed by atoms with Gasteiger partial charge in [0.25, 0.3) is 0 Å². The van der Waals surface area contributed by atoms with E-state index in [4.69, 9.17) is 0 Å². The molecule has 0 radical (unpaired) electrons. The summed E-state index contributed by atoms with van der Waals surface area (Å²) in [4.78, 5) is 20.4. The average Bonchev–Trinajstić information content (AvgIpc) is 3.26. The standard InChI is InChI=1S/C19H19N5O3S/c1-20-28(26,27)17-6-2-15(3-7-17)5-9-19(25)23-13-16-4-8-18(22-12-16)24-11-10-21-14-24/h2-12,14,20H,13H2,1H3,(H,23,25)/b9-5+. The van der Waals surface area contributed by atoms with Crippen molar-refractivity contribution < 1.29 is 13.2 Å². The van der Waals surface area contributed by atoms with Crippen molar-refractivity contribution in [2.24, 2.45) is 0 Å². The maximum absolute atomic E-state index is 12.0. The number of amides is 1. The van der Waals surface area contributed by atoms with E-state index in [-0.39, 0.29) is 10.8 Å². The van der Waals surface area contributed by atoms with Crippen molar-refractivity contribution in [3.05, 3.63) is 78.5 Å². The van der Waals surface area contributed by atoms with Crippen LogP contribution in [0.1, 0.15) is 11.1 Å². The van der Waals surface area contributed by atoms with Crippen molar-refractivity contribution in [2.75, 3.05) is 7.05 Å². The molecule has 1 amide bonds. The summed E-state index contributed by atoms with van der Waals surface area (Å²) in [6, 6.07) is 9.96. The lowest BCUT2D eigenvalue weighted by Gasteiger charge is -2.05. The Kier molecular flexibility index (Phi) is 5.97. The monoisotopic (exact) mass is 397 g/mol. The smallest absolute Gasteiger partial charge is 0.244 e. The molecule has 0 aliphatic heterocycles. The first-order chi connectivity index (χ1) is 13.5. The van der Waals surface area contributed by atoms with Crippen molar-refractivity contribution >= 4 is 22.0 Å². The summed E-state index contributed by atoms with van der Waals surface area (Å²) in [6.07, 6.45) is 9.85. The summed E-state index contributed by atoms with van der Waals surface area (Å²) in [6.45, 7) is 0.347. The van der Waals surface area contributed by atoms with Crippen LogP contribution in [-0.2, 0) is 21.4 Å². The third kappa shape index (κ3) is 4.90. The van der Waals surface area contributed by atoms with Gasteiger partial charge in [-0.15, -0.1) is 0 Å². The van der Waals surface area contributed by atoms with E-state index in [2.05, 4.69) is 20.0 Å².